The van der Waals surface area contributed by atoms with E-state index in [4.69, 9.17) is 14.2 Å². The monoisotopic (exact) mass is 1110 g/mol. The van der Waals surface area contributed by atoms with Crippen LogP contribution in [0.2, 0.25) is 0 Å². The van der Waals surface area contributed by atoms with Gasteiger partial charge >= 0.3 is 17.9 Å². The highest BCUT2D eigenvalue weighted by Gasteiger charge is 2.19. The van der Waals surface area contributed by atoms with Gasteiger partial charge in [-0.2, -0.15) is 0 Å². The van der Waals surface area contributed by atoms with Crippen LogP contribution in [0.4, 0.5) is 0 Å². The number of hydrogen-bond donors (Lipinski definition) is 0. The molecular formula is C73H136O6. The SMILES string of the molecule is CCCCCCC/C=C\C/C=C\C/C=C\CCCCCCCCCCCCC(=O)OC(COC(=O)CCCCCCC)COC(=O)CCCCCCCCCCCCCCCCCCCCCCCCCCCCCCCCC. The van der Waals surface area contributed by atoms with E-state index >= 15 is 0 Å². The van der Waals surface area contributed by atoms with Gasteiger partial charge in [0.15, 0.2) is 6.10 Å². The Morgan fingerprint density at radius 2 is 0.456 bits per heavy atom. The number of carbonyl (C=O) groups excluding carboxylic acids is 3. The summed E-state index contributed by atoms with van der Waals surface area (Å²) >= 11 is 0. The summed E-state index contributed by atoms with van der Waals surface area (Å²) in [4.78, 5) is 38.0. The van der Waals surface area contributed by atoms with Gasteiger partial charge in [0.1, 0.15) is 13.2 Å². The molecule has 1 atom stereocenters. The first-order valence-electron chi connectivity index (χ1n) is 35.5. The van der Waals surface area contributed by atoms with Crippen LogP contribution in [0.15, 0.2) is 36.5 Å². The molecule has 0 aliphatic carbocycles. The predicted molar refractivity (Wildman–Crippen MR) is 344 cm³/mol. The van der Waals surface area contributed by atoms with Crippen LogP contribution in [-0.4, -0.2) is 37.2 Å². The molecule has 0 bridgehead atoms. The van der Waals surface area contributed by atoms with E-state index in [2.05, 4.69) is 57.2 Å². The molecule has 0 aromatic rings. The molecule has 0 aliphatic heterocycles. The maximum absolute atomic E-state index is 12.9. The molecule has 1 unspecified atom stereocenters. The van der Waals surface area contributed by atoms with E-state index in [0.29, 0.717) is 19.3 Å². The van der Waals surface area contributed by atoms with Gasteiger partial charge in [-0.05, 0) is 57.8 Å². The standard InChI is InChI=1S/C73H136O6/c1-4-7-10-13-15-17-19-21-23-25-27-29-31-33-34-35-36-37-38-40-41-43-45-47-49-51-53-55-57-60-63-66-72(75)78-69-70(68-77-71(74)65-62-59-12-9-6-3)79-73(76)67-64-61-58-56-54-52-50-48-46-44-42-39-32-30-28-26-24-22-20-18-16-14-11-8-5-2/h20,22,26,28,32,39,70H,4-19,21,23-25,27,29-31,33-38,40-69H2,1-3H3/b22-20-,28-26-,39-32-. The molecule has 0 rings (SSSR count). The van der Waals surface area contributed by atoms with Crippen molar-refractivity contribution in [3.63, 3.8) is 0 Å². The van der Waals surface area contributed by atoms with Crippen LogP contribution >= 0.6 is 0 Å². The molecule has 0 aromatic carbocycles. The van der Waals surface area contributed by atoms with Crippen molar-refractivity contribution >= 4 is 17.9 Å². The van der Waals surface area contributed by atoms with Gasteiger partial charge in [-0.15, -0.1) is 0 Å². The van der Waals surface area contributed by atoms with Crippen LogP contribution in [-0.2, 0) is 28.6 Å². The number of hydrogen-bond acceptors (Lipinski definition) is 6. The second-order valence-electron chi connectivity index (χ2n) is 24.2. The number of rotatable bonds is 66. The fourth-order valence-electron chi connectivity index (χ4n) is 10.8. The fraction of sp³-hybridized carbons (Fsp3) is 0.877. The summed E-state index contributed by atoms with van der Waals surface area (Å²) in [5, 5.41) is 0. The number of allylic oxidation sites excluding steroid dienone is 6. The average molecular weight is 1110 g/mol. The highest BCUT2D eigenvalue weighted by Crippen LogP contribution is 2.19. The van der Waals surface area contributed by atoms with Crippen molar-refractivity contribution in [3.8, 4) is 0 Å². The van der Waals surface area contributed by atoms with E-state index in [1.807, 2.05) is 0 Å². The van der Waals surface area contributed by atoms with Crippen LogP contribution in [0.3, 0.4) is 0 Å². The van der Waals surface area contributed by atoms with Gasteiger partial charge < -0.3 is 14.2 Å². The molecule has 0 aliphatic rings. The van der Waals surface area contributed by atoms with Crippen molar-refractivity contribution in [1.29, 1.82) is 0 Å². The minimum atomic E-state index is -0.769. The van der Waals surface area contributed by atoms with E-state index in [9.17, 15) is 14.4 Å². The highest BCUT2D eigenvalue weighted by molar-refractivity contribution is 5.71. The fourth-order valence-corrected chi connectivity index (χ4v) is 10.8. The molecule has 6 nitrogen and oxygen atoms in total. The second-order valence-corrected chi connectivity index (χ2v) is 24.2. The Bertz CT molecular complexity index is 1320. The maximum atomic E-state index is 12.9. The molecule has 0 aromatic heterocycles. The van der Waals surface area contributed by atoms with Crippen molar-refractivity contribution < 1.29 is 28.6 Å². The number of ether oxygens (including phenoxy) is 3. The average Bonchev–Trinajstić information content (AvgIpc) is 3.45. The van der Waals surface area contributed by atoms with Crippen LogP contribution in [0.5, 0.6) is 0 Å². The second kappa shape index (κ2) is 68.1. The Kier molecular flexibility index (Phi) is 66.1. The highest BCUT2D eigenvalue weighted by atomic mass is 16.6. The normalized spacial score (nSPS) is 12.2. The summed E-state index contributed by atoms with van der Waals surface area (Å²) in [6, 6.07) is 0. The van der Waals surface area contributed by atoms with E-state index < -0.39 is 6.10 Å². The topological polar surface area (TPSA) is 78.9 Å². The molecule has 0 fully saturated rings. The molecule has 0 radical (unpaired) electrons. The Balaban J connectivity index is 3.92. The summed E-state index contributed by atoms with van der Waals surface area (Å²) in [7, 11) is 0. The first kappa shape index (κ1) is 76.6. The van der Waals surface area contributed by atoms with E-state index in [1.165, 1.54) is 276 Å². The molecule has 6 heteroatoms. The minimum absolute atomic E-state index is 0.0695. The first-order valence-corrected chi connectivity index (χ1v) is 35.5. The van der Waals surface area contributed by atoms with Crippen molar-refractivity contribution in [2.75, 3.05) is 13.2 Å². The molecule has 0 spiro atoms. The van der Waals surface area contributed by atoms with Crippen LogP contribution < -0.4 is 0 Å². The Morgan fingerprint density at radius 1 is 0.253 bits per heavy atom. The molecule has 79 heavy (non-hydrogen) atoms. The molecule has 0 N–H and O–H groups in total. The Labute approximate surface area is 493 Å². The predicted octanol–water partition coefficient (Wildman–Crippen LogP) is 24.3. The van der Waals surface area contributed by atoms with E-state index in [0.717, 1.165) is 77.0 Å². The Hall–Kier alpha value is -2.37. The summed E-state index contributed by atoms with van der Waals surface area (Å²) < 4.78 is 16.8. The van der Waals surface area contributed by atoms with E-state index in [-0.39, 0.29) is 31.1 Å². The molecule has 0 heterocycles. The molecule has 464 valence electrons. The maximum Gasteiger partial charge on any atom is 0.306 e. The lowest BCUT2D eigenvalue weighted by Crippen LogP contribution is -2.30. The first-order chi connectivity index (χ1) is 39.0. The quantitative estimate of drug-likeness (QED) is 0.0261. The van der Waals surface area contributed by atoms with Crippen LogP contribution in [0, 0.1) is 0 Å². The molecular weight excluding hydrogens is 973 g/mol. The van der Waals surface area contributed by atoms with Gasteiger partial charge in [-0.1, -0.05) is 353 Å². The zero-order valence-corrected chi connectivity index (χ0v) is 53.4. The van der Waals surface area contributed by atoms with E-state index in [1.54, 1.807) is 0 Å². The van der Waals surface area contributed by atoms with Crippen molar-refractivity contribution in [2.24, 2.45) is 0 Å². The van der Waals surface area contributed by atoms with Crippen molar-refractivity contribution in [1.82, 2.24) is 0 Å². The van der Waals surface area contributed by atoms with Crippen LogP contribution in [0.1, 0.15) is 393 Å². The van der Waals surface area contributed by atoms with Gasteiger partial charge in [0.05, 0.1) is 0 Å². The third-order valence-electron chi connectivity index (χ3n) is 16.1. The minimum Gasteiger partial charge on any atom is -0.462 e. The number of esters is 3. The summed E-state index contributed by atoms with van der Waals surface area (Å²) in [6.45, 7) is 6.61. The van der Waals surface area contributed by atoms with Gasteiger partial charge in [0.2, 0.25) is 0 Å². The van der Waals surface area contributed by atoms with Crippen LogP contribution in [0.25, 0.3) is 0 Å². The summed E-state index contributed by atoms with van der Waals surface area (Å²) in [6.07, 6.45) is 85.3. The zero-order valence-electron chi connectivity index (χ0n) is 53.4. The van der Waals surface area contributed by atoms with Gasteiger partial charge in [-0.3, -0.25) is 14.4 Å². The Morgan fingerprint density at radius 3 is 0.709 bits per heavy atom. The van der Waals surface area contributed by atoms with Gasteiger partial charge in [0, 0.05) is 19.3 Å². The molecule has 0 amide bonds. The van der Waals surface area contributed by atoms with Gasteiger partial charge in [-0.25, -0.2) is 0 Å². The smallest absolute Gasteiger partial charge is 0.306 e. The number of carbonyl (C=O) groups is 3. The third kappa shape index (κ3) is 66.3. The summed E-state index contributed by atoms with van der Waals surface area (Å²) in [5.41, 5.74) is 0. The molecule has 0 saturated heterocycles. The largest absolute Gasteiger partial charge is 0.462 e. The lowest BCUT2D eigenvalue weighted by atomic mass is 10.0. The van der Waals surface area contributed by atoms with Gasteiger partial charge in [0.25, 0.3) is 0 Å². The molecule has 0 saturated carbocycles. The lowest BCUT2D eigenvalue weighted by Gasteiger charge is -2.18. The lowest BCUT2D eigenvalue weighted by molar-refractivity contribution is -0.167. The summed E-state index contributed by atoms with van der Waals surface area (Å²) in [5.74, 6) is -0.864. The zero-order chi connectivity index (χ0) is 57.1. The third-order valence-corrected chi connectivity index (χ3v) is 16.1. The van der Waals surface area contributed by atoms with Crippen molar-refractivity contribution in [3.05, 3.63) is 36.5 Å². The van der Waals surface area contributed by atoms with Crippen molar-refractivity contribution in [2.45, 2.75) is 399 Å². The number of unbranched alkanes of at least 4 members (excludes halogenated alkanes) is 49.